The zero-order valence-electron chi connectivity index (χ0n) is 11.5. The number of nitrogens with one attached hydrogen (secondary N) is 1. The van der Waals surface area contributed by atoms with Gasteiger partial charge in [0.05, 0.1) is 11.4 Å². The van der Waals surface area contributed by atoms with Gasteiger partial charge >= 0.3 is 5.97 Å². The molecule has 0 aromatic heterocycles. The maximum absolute atomic E-state index is 11.9. The number of benzene rings is 1. The summed E-state index contributed by atoms with van der Waals surface area (Å²) in [6.45, 7) is 0. The minimum atomic E-state index is -0.863. The van der Waals surface area contributed by atoms with Gasteiger partial charge in [0.25, 0.3) is 0 Å². The number of rotatable bonds is 8. The molecule has 1 aromatic rings. The highest BCUT2D eigenvalue weighted by Gasteiger charge is 2.33. The van der Waals surface area contributed by atoms with Crippen molar-refractivity contribution in [2.24, 2.45) is 5.92 Å². The second-order valence-electron chi connectivity index (χ2n) is 5.14. The van der Waals surface area contributed by atoms with Crippen LogP contribution in [-0.4, -0.2) is 28.8 Å². The molecule has 2 N–H and O–H groups in total. The standard InChI is InChI=1S/C15H18ClNO3S/c16-11-3-1-2-4-13(11)21-8-7-14(18)17-12(9-15(19)20)10-5-6-10/h1-4,10,12H,5-9H2,(H,17,18)(H,19,20). The first-order valence-corrected chi connectivity index (χ1v) is 8.31. The lowest BCUT2D eigenvalue weighted by molar-refractivity contribution is -0.137. The molecule has 0 radical (unpaired) electrons. The molecule has 1 atom stereocenters. The molecule has 0 saturated heterocycles. The second kappa shape index (κ2) is 7.71. The highest BCUT2D eigenvalue weighted by Crippen LogP contribution is 2.34. The van der Waals surface area contributed by atoms with E-state index >= 15 is 0 Å². The third-order valence-electron chi connectivity index (χ3n) is 3.36. The van der Waals surface area contributed by atoms with Gasteiger partial charge in [-0.2, -0.15) is 0 Å². The summed E-state index contributed by atoms with van der Waals surface area (Å²) in [5, 5.41) is 12.4. The van der Waals surface area contributed by atoms with Gasteiger partial charge in [0, 0.05) is 23.1 Å². The summed E-state index contributed by atoms with van der Waals surface area (Å²) < 4.78 is 0. The van der Waals surface area contributed by atoms with Crippen molar-refractivity contribution in [1.29, 1.82) is 0 Å². The summed E-state index contributed by atoms with van der Waals surface area (Å²) in [5.41, 5.74) is 0. The number of hydrogen-bond acceptors (Lipinski definition) is 3. The van der Waals surface area contributed by atoms with Crippen LogP contribution in [0.3, 0.4) is 0 Å². The molecule has 1 aliphatic rings. The molecular formula is C15H18ClNO3S. The number of hydrogen-bond donors (Lipinski definition) is 2. The van der Waals surface area contributed by atoms with Crippen LogP contribution in [0.5, 0.6) is 0 Å². The number of thioether (sulfide) groups is 1. The Morgan fingerprint density at radius 3 is 2.71 bits per heavy atom. The van der Waals surface area contributed by atoms with E-state index in [-0.39, 0.29) is 18.4 Å². The van der Waals surface area contributed by atoms with Crippen molar-refractivity contribution in [2.45, 2.75) is 36.6 Å². The third-order valence-corrected chi connectivity index (χ3v) is 4.87. The van der Waals surface area contributed by atoms with E-state index in [1.54, 1.807) is 0 Å². The van der Waals surface area contributed by atoms with Crippen LogP contribution < -0.4 is 5.32 Å². The van der Waals surface area contributed by atoms with Gasteiger partial charge in [-0.05, 0) is 30.9 Å². The fraction of sp³-hybridized carbons (Fsp3) is 0.467. The van der Waals surface area contributed by atoms with Crippen LogP contribution in [0.25, 0.3) is 0 Å². The minimum absolute atomic E-state index is 0.00800. The largest absolute Gasteiger partial charge is 0.481 e. The van der Waals surface area contributed by atoms with Gasteiger partial charge in [0.2, 0.25) is 5.91 Å². The van der Waals surface area contributed by atoms with E-state index in [0.29, 0.717) is 23.1 Å². The SMILES string of the molecule is O=C(O)CC(NC(=O)CCSc1ccccc1Cl)C1CC1. The molecule has 1 aliphatic carbocycles. The fourth-order valence-corrected chi connectivity index (χ4v) is 3.30. The number of carbonyl (C=O) groups is 2. The summed E-state index contributed by atoms with van der Waals surface area (Å²) in [6.07, 6.45) is 2.38. The van der Waals surface area contributed by atoms with Crippen molar-refractivity contribution >= 4 is 35.2 Å². The maximum atomic E-state index is 11.9. The van der Waals surface area contributed by atoms with Gasteiger partial charge in [0.1, 0.15) is 0 Å². The number of halogens is 1. The zero-order valence-corrected chi connectivity index (χ0v) is 13.1. The highest BCUT2D eigenvalue weighted by molar-refractivity contribution is 7.99. The smallest absolute Gasteiger partial charge is 0.305 e. The van der Waals surface area contributed by atoms with Gasteiger partial charge in [-0.1, -0.05) is 23.7 Å². The molecule has 0 heterocycles. The van der Waals surface area contributed by atoms with Gasteiger partial charge in [-0.15, -0.1) is 11.8 Å². The van der Waals surface area contributed by atoms with E-state index in [1.807, 2.05) is 24.3 Å². The predicted octanol–water partition coefficient (Wildman–Crippen LogP) is 3.19. The Kier molecular flexibility index (Phi) is 5.94. The Balaban J connectivity index is 1.74. The summed E-state index contributed by atoms with van der Waals surface area (Å²) in [4.78, 5) is 23.6. The van der Waals surface area contributed by atoms with Crippen LogP contribution in [0.2, 0.25) is 5.02 Å². The Hall–Kier alpha value is -1.20. The number of carboxylic acids is 1. The number of amides is 1. The molecule has 1 fully saturated rings. The van der Waals surface area contributed by atoms with Gasteiger partial charge in [0.15, 0.2) is 0 Å². The first-order valence-electron chi connectivity index (χ1n) is 6.94. The van der Waals surface area contributed by atoms with Crippen molar-refractivity contribution in [3.05, 3.63) is 29.3 Å². The normalized spacial score (nSPS) is 15.5. The van der Waals surface area contributed by atoms with E-state index in [2.05, 4.69) is 5.32 Å². The molecule has 2 rings (SSSR count). The monoisotopic (exact) mass is 327 g/mol. The van der Waals surface area contributed by atoms with Crippen molar-refractivity contribution < 1.29 is 14.7 Å². The molecule has 1 unspecified atom stereocenters. The number of carbonyl (C=O) groups excluding carboxylic acids is 1. The first kappa shape index (κ1) is 16.2. The molecule has 0 bridgehead atoms. The maximum Gasteiger partial charge on any atom is 0.305 e. The summed E-state index contributed by atoms with van der Waals surface area (Å²) in [5.74, 6) is 0.00615. The van der Waals surface area contributed by atoms with Crippen molar-refractivity contribution in [2.75, 3.05) is 5.75 Å². The molecule has 6 heteroatoms. The quantitative estimate of drug-likeness (QED) is 0.720. The molecular weight excluding hydrogens is 310 g/mol. The van der Waals surface area contributed by atoms with E-state index < -0.39 is 5.97 Å². The lowest BCUT2D eigenvalue weighted by atomic mass is 10.1. The van der Waals surface area contributed by atoms with Crippen LogP contribution in [0.4, 0.5) is 0 Å². The van der Waals surface area contributed by atoms with Crippen LogP contribution in [0.15, 0.2) is 29.2 Å². The van der Waals surface area contributed by atoms with E-state index in [4.69, 9.17) is 16.7 Å². The number of carboxylic acid groups (broad SMARTS) is 1. The van der Waals surface area contributed by atoms with Gasteiger partial charge < -0.3 is 10.4 Å². The minimum Gasteiger partial charge on any atom is -0.481 e. The second-order valence-corrected chi connectivity index (χ2v) is 6.68. The molecule has 4 nitrogen and oxygen atoms in total. The topological polar surface area (TPSA) is 66.4 Å². The molecule has 21 heavy (non-hydrogen) atoms. The van der Waals surface area contributed by atoms with Crippen LogP contribution >= 0.6 is 23.4 Å². The Morgan fingerprint density at radius 1 is 1.38 bits per heavy atom. The number of aliphatic carboxylic acids is 1. The molecule has 1 aromatic carbocycles. The predicted molar refractivity (Wildman–Crippen MR) is 83.7 cm³/mol. The molecule has 0 aliphatic heterocycles. The first-order chi connectivity index (χ1) is 10.1. The Bertz CT molecular complexity index is 519. The lowest BCUT2D eigenvalue weighted by Crippen LogP contribution is -2.38. The summed E-state index contributed by atoms with van der Waals surface area (Å²) >= 11 is 7.58. The van der Waals surface area contributed by atoms with Crippen molar-refractivity contribution in [3.63, 3.8) is 0 Å². The average molecular weight is 328 g/mol. The lowest BCUT2D eigenvalue weighted by Gasteiger charge is -2.16. The third kappa shape index (κ3) is 5.59. The van der Waals surface area contributed by atoms with Crippen molar-refractivity contribution in [3.8, 4) is 0 Å². The highest BCUT2D eigenvalue weighted by atomic mass is 35.5. The summed E-state index contributed by atoms with van der Waals surface area (Å²) in [6, 6.07) is 7.29. The Labute approximate surface area is 133 Å². The summed E-state index contributed by atoms with van der Waals surface area (Å²) in [7, 11) is 0. The average Bonchev–Trinajstić information content (AvgIpc) is 3.24. The molecule has 0 spiro atoms. The van der Waals surface area contributed by atoms with Crippen molar-refractivity contribution in [1.82, 2.24) is 5.32 Å². The van der Waals surface area contributed by atoms with E-state index in [9.17, 15) is 9.59 Å². The fourth-order valence-electron chi connectivity index (χ4n) is 2.12. The Morgan fingerprint density at radius 2 is 2.10 bits per heavy atom. The molecule has 1 saturated carbocycles. The van der Waals surface area contributed by atoms with Crippen LogP contribution in [0.1, 0.15) is 25.7 Å². The molecule has 114 valence electrons. The van der Waals surface area contributed by atoms with Crippen LogP contribution in [0, 0.1) is 5.92 Å². The molecule has 1 amide bonds. The van der Waals surface area contributed by atoms with E-state index in [0.717, 1.165) is 17.7 Å². The van der Waals surface area contributed by atoms with Gasteiger partial charge in [-0.3, -0.25) is 9.59 Å². The zero-order chi connectivity index (χ0) is 15.2. The van der Waals surface area contributed by atoms with E-state index in [1.165, 1.54) is 11.8 Å². The van der Waals surface area contributed by atoms with Gasteiger partial charge in [-0.25, -0.2) is 0 Å². The van der Waals surface area contributed by atoms with Crippen LogP contribution in [-0.2, 0) is 9.59 Å².